The molecule has 1 saturated heterocycles. The van der Waals surface area contributed by atoms with Crippen molar-refractivity contribution in [3.8, 4) is 0 Å². The number of nitrogens with one attached hydrogen (secondary N) is 2. The Labute approximate surface area is 182 Å². The molecule has 0 saturated carbocycles. The van der Waals surface area contributed by atoms with Crippen LogP contribution in [0.25, 0.3) is 0 Å². The number of nitrogens with zero attached hydrogens (tertiary/aromatic N) is 1. The summed E-state index contributed by atoms with van der Waals surface area (Å²) in [5.41, 5.74) is 0.316. The summed E-state index contributed by atoms with van der Waals surface area (Å²) in [5, 5.41) is 4.39. The summed E-state index contributed by atoms with van der Waals surface area (Å²) in [6, 6.07) is 9.43. The quantitative estimate of drug-likeness (QED) is 0.637. The number of rotatable bonds is 7. The first-order valence-electron chi connectivity index (χ1n) is 9.89. The minimum atomic E-state index is -1.35. The summed E-state index contributed by atoms with van der Waals surface area (Å²) >= 11 is 0. The maximum atomic E-state index is 13.6. The smallest absolute Gasteiger partial charge is 0.326 e. The van der Waals surface area contributed by atoms with E-state index in [4.69, 9.17) is 4.74 Å². The number of carbonyl (C=O) groups excluding carboxylic acids is 4. The van der Waals surface area contributed by atoms with Gasteiger partial charge in [0.2, 0.25) is 5.91 Å². The molecule has 2 N–H and O–H groups in total. The zero-order valence-corrected chi connectivity index (χ0v) is 17.2. The molecule has 10 heteroatoms. The summed E-state index contributed by atoms with van der Waals surface area (Å²) in [6.45, 7) is 1.34. The molecule has 0 bridgehead atoms. The molecule has 1 atom stereocenters. The molecular weight excluding hydrogens is 424 g/mol. The van der Waals surface area contributed by atoms with Crippen LogP contribution in [0.15, 0.2) is 42.5 Å². The SMILES string of the molecule is CC(OC(=O)CNC(=O)c1ccc(N2CCCC2=O)cc1)C(=O)Nc1c(F)cccc1F. The zero-order valence-electron chi connectivity index (χ0n) is 17.2. The predicted octanol–water partition coefficient (Wildman–Crippen LogP) is 2.39. The first kappa shape index (κ1) is 22.9. The highest BCUT2D eigenvalue weighted by atomic mass is 19.1. The monoisotopic (exact) mass is 445 g/mol. The van der Waals surface area contributed by atoms with Gasteiger partial charge in [0.15, 0.2) is 6.10 Å². The fourth-order valence-corrected chi connectivity index (χ4v) is 3.10. The second kappa shape index (κ2) is 9.99. The van der Waals surface area contributed by atoms with Gasteiger partial charge in [-0.15, -0.1) is 0 Å². The Morgan fingerprint density at radius 1 is 1.09 bits per heavy atom. The molecule has 0 radical (unpaired) electrons. The summed E-state index contributed by atoms with van der Waals surface area (Å²) in [6.07, 6.45) is -0.0686. The Hall–Kier alpha value is -3.82. The van der Waals surface area contributed by atoms with Gasteiger partial charge < -0.3 is 20.3 Å². The zero-order chi connectivity index (χ0) is 23.3. The van der Waals surface area contributed by atoms with Gasteiger partial charge in [-0.2, -0.15) is 0 Å². The lowest BCUT2D eigenvalue weighted by molar-refractivity contribution is -0.152. The van der Waals surface area contributed by atoms with Crippen LogP contribution in [0.4, 0.5) is 20.2 Å². The molecule has 1 aliphatic heterocycles. The molecule has 3 rings (SSSR count). The van der Waals surface area contributed by atoms with Crippen molar-refractivity contribution in [3.05, 3.63) is 59.7 Å². The highest BCUT2D eigenvalue weighted by Gasteiger charge is 2.23. The number of ether oxygens (including phenoxy) is 1. The summed E-state index contributed by atoms with van der Waals surface area (Å²) < 4.78 is 32.1. The first-order valence-corrected chi connectivity index (χ1v) is 9.89. The number of para-hydroxylation sites is 1. The third-order valence-corrected chi connectivity index (χ3v) is 4.80. The Morgan fingerprint density at radius 3 is 2.34 bits per heavy atom. The van der Waals surface area contributed by atoms with Crippen molar-refractivity contribution >= 4 is 35.1 Å². The maximum absolute atomic E-state index is 13.6. The number of carbonyl (C=O) groups is 4. The van der Waals surface area contributed by atoms with E-state index in [-0.39, 0.29) is 11.5 Å². The first-order chi connectivity index (χ1) is 15.3. The number of amides is 3. The number of hydrogen-bond donors (Lipinski definition) is 2. The average molecular weight is 445 g/mol. The largest absolute Gasteiger partial charge is 0.451 e. The van der Waals surface area contributed by atoms with Crippen LogP contribution in [0.5, 0.6) is 0 Å². The maximum Gasteiger partial charge on any atom is 0.326 e. The Balaban J connectivity index is 1.48. The normalized spacial score (nSPS) is 14.1. The van der Waals surface area contributed by atoms with E-state index in [2.05, 4.69) is 5.32 Å². The molecule has 2 aromatic rings. The third kappa shape index (κ3) is 5.45. The lowest BCUT2D eigenvalue weighted by Gasteiger charge is -2.16. The molecule has 8 nitrogen and oxygen atoms in total. The van der Waals surface area contributed by atoms with E-state index in [1.54, 1.807) is 17.0 Å². The van der Waals surface area contributed by atoms with Gasteiger partial charge in [0.1, 0.15) is 23.9 Å². The number of benzene rings is 2. The van der Waals surface area contributed by atoms with E-state index < -0.39 is 47.8 Å². The molecule has 168 valence electrons. The van der Waals surface area contributed by atoms with Crippen LogP contribution in [0.3, 0.4) is 0 Å². The van der Waals surface area contributed by atoms with Gasteiger partial charge in [0.05, 0.1) is 0 Å². The third-order valence-electron chi connectivity index (χ3n) is 4.80. The van der Waals surface area contributed by atoms with E-state index in [0.29, 0.717) is 18.7 Å². The van der Waals surface area contributed by atoms with E-state index in [9.17, 15) is 28.0 Å². The Morgan fingerprint density at radius 2 is 1.75 bits per heavy atom. The van der Waals surface area contributed by atoms with Crippen molar-refractivity contribution in [2.24, 2.45) is 0 Å². The van der Waals surface area contributed by atoms with E-state index >= 15 is 0 Å². The van der Waals surface area contributed by atoms with Crippen molar-refractivity contribution in [3.63, 3.8) is 0 Å². The fraction of sp³-hybridized carbons (Fsp3) is 0.273. The van der Waals surface area contributed by atoms with Gasteiger partial charge >= 0.3 is 5.97 Å². The van der Waals surface area contributed by atoms with Gasteiger partial charge in [0.25, 0.3) is 11.8 Å². The van der Waals surface area contributed by atoms with Crippen LogP contribution < -0.4 is 15.5 Å². The lowest BCUT2D eigenvalue weighted by Crippen LogP contribution is -2.36. The summed E-state index contributed by atoms with van der Waals surface area (Å²) in [7, 11) is 0. The number of hydrogen-bond acceptors (Lipinski definition) is 5. The minimum Gasteiger partial charge on any atom is -0.451 e. The molecule has 2 aromatic carbocycles. The van der Waals surface area contributed by atoms with Crippen molar-refractivity contribution in [2.45, 2.75) is 25.9 Å². The van der Waals surface area contributed by atoms with Crippen LogP contribution in [0.2, 0.25) is 0 Å². The highest BCUT2D eigenvalue weighted by Crippen LogP contribution is 2.21. The van der Waals surface area contributed by atoms with Gasteiger partial charge in [-0.25, -0.2) is 8.78 Å². The standard InChI is InChI=1S/C22H21F2N3O5/c1-13(21(30)26-20-16(23)4-2-5-17(20)24)32-19(29)12-25-22(31)14-7-9-15(10-8-14)27-11-3-6-18(27)28/h2,4-5,7-10,13H,3,6,11-12H2,1H3,(H,25,31)(H,26,30). The second-order valence-corrected chi connectivity index (χ2v) is 7.10. The average Bonchev–Trinajstić information content (AvgIpc) is 3.20. The number of anilines is 2. The fourth-order valence-electron chi connectivity index (χ4n) is 3.10. The lowest BCUT2D eigenvalue weighted by atomic mass is 10.2. The number of esters is 1. The minimum absolute atomic E-state index is 0.0286. The molecule has 1 aliphatic rings. The van der Waals surface area contributed by atoms with Crippen LogP contribution in [-0.4, -0.2) is 42.9 Å². The van der Waals surface area contributed by atoms with E-state index in [0.717, 1.165) is 24.6 Å². The van der Waals surface area contributed by atoms with Gasteiger partial charge in [-0.3, -0.25) is 19.2 Å². The molecule has 1 fully saturated rings. The predicted molar refractivity (Wildman–Crippen MR) is 111 cm³/mol. The van der Waals surface area contributed by atoms with Gasteiger partial charge in [0, 0.05) is 24.2 Å². The topological polar surface area (TPSA) is 105 Å². The summed E-state index contributed by atoms with van der Waals surface area (Å²) in [4.78, 5) is 49.6. The van der Waals surface area contributed by atoms with Crippen LogP contribution in [-0.2, 0) is 19.1 Å². The molecule has 1 unspecified atom stereocenters. The van der Waals surface area contributed by atoms with Crippen molar-refractivity contribution in [1.29, 1.82) is 0 Å². The van der Waals surface area contributed by atoms with Crippen LogP contribution >= 0.6 is 0 Å². The number of halogens is 2. The van der Waals surface area contributed by atoms with Crippen LogP contribution in [0, 0.1) is 11.6 Å². The summed E-state index contributed by atoms with van der Waals surface area (Å²) in [5.74, 6) is -4.30. The van der Waals surface area contributed by atoms with E-state index in [1.165, 1.54) is 19.1 Å². The Kier molecular flexibility index (Phi) is 7.14. The molecule has 3 amide bonds. The molecule has 0 spiro atoms. The second-order valence-electron chi connectivity index (χ2n) is 7.10. The van der Waals surface area contributed by atoms with Gasteiger partial charge in [-0.05, 0) is 49.7 Å². The van der Waals surface area contributed by atoms with Crippen molar-refractivity contribution in [2.75, 3.05) is 23.3 Å². The highest BCUT2D eigenvalue weighted by molar-refractivity contribution is 5.99. The van der Waals surface area contributed by atoms with Crippen molar-refractivity contribution < 1.29 is 32.7 Å². The molecule has 0 aromatic heterocycles. The van der Waals surface area contributed by atoms with Crippen molar-refractivity contribution in [1.82, 2.24) is 5.32 Å². The van der Waals surface area contributed by atoms with Gasteiger partial charge in [-0.1, -0.05) is 6.07 Å². The molecular formula is C22H21F2N3O5. The van der Waals surface area contributed by atoms with E-state index in [1.807, 2.05) is 5.32 Å². The van der Waals surface area contributed by atoms with Crippen LogP contribution in [0.1, 0.15) is 30.1 Å². The molecule has 32 heavy (non-hydrogen) atoms. The molecule has 1 heterocycles. The molecule has 0 aliphatic carbocycles. The Bertz CT molecular complexity index is 1020.